The Kier molecular flexibility index (Phi) is 3.65. The molecule has 2 rings (SSSR count). The highest BCUT2D eigenvalue weighted by molar-refractivity contribution is 7.89. The first kappa shape index (κ1) is 13.0. The molecule has 2 heterocycles. The molecule has 0 aliphatic carbocycles. The number of H-pyrrole nitrogens is 1. The Balaban J connectivity index is 2.05. The normalized spacial score (nSPS) is 20.4. The second-order valence-electron chi connectivity index (χ2n) is 4.16. The van der Waals surface area contributed by atoms with E-state index in [1.54, 1.807) is 0 Å². The van der Waals surface area contributed by atoms with Crippen LogP contribution >= 0.6 is 0 Å². The summed E-state index contributed by atoms with van der Waals surface area (Å²) in [7, 11) is -3.47. The molecule has 1 N–H and O–H groups in total. The van der Waals surface area contributed by atoms with E-state index in [0.29, 0.717) is 26.2 Å². The minimum atomic E-state index is -3.47. The lowest BCUT2D eigenvalue weighted by atomic mass is 10.2. The monoisotopic (exact) mass is 269 g/mol. The van der Waals surface area contributed by atoms with Crippen molar-refractivity contribution in [2.24, 2.45) is 0 Å². The smallest absolute Gasteiger partial charge is 0.260 e. The van der Waals surface area contributed by atoms with Crippen molar-refractivity contribution < 1.29 is 8.42 Å². The number of nitriles is 1. The van der Waals surface area contributed by atoms with E-state index in [1.807, 2.05) is 11.8 Å². The first-order valence-corrected chi connectivity index (χ1v) is 7.12. The Labute approximate surface area is 106 Å². The van der Waals surface area contributed by atoms with Gasteiger partial charge in [0.2, 0.25) is 0 Å². The minimum absolute atomic E-state index is 0.115. The summed E-state index contributed by atoms with van der Waals surface area (Å²) in [6.45, 7) is 3.75. The van der Waals surface area contributed by atoms with Gasteiger partial charge in [-0.1, -0.05) is 0 Å². The molecule has 1 aromatic heterocycles. The lowest BCUT2D eigenvalue weighted by Gasteiger charge is -2.34. The molecule has 8 heteroatoms. The highest BCUT2D eigenvalue weighted by Crippen LogP contribution is 2.15. The van der Waals surface area contributed by atoms with Crippen LogP contribution in [0.2, 0.25) is 0 Å². The molecule has 0 amide bonds. The fourth-order valence-electron chi connectivity index (χ4n) is 1.94. The summed E-state index contributed by atoms with van der Waals surface area (Å²) in [5.41, 5.74) is 0. The van der Waals surface area contributed by atoms with Gasteiger partial charge in [0.05, 0.1) is 24.6 Å². The molecular formula is C10H15N5O2S. The highest BCUT2D eigenvalue weighted by atomic mass is 32.2. The maximum atomic E-state index is 12.2. The third-order valence-corrected chi connectivity index (χ3v) is 4.92. The van der Waals surface area contributed by atoms with Gasteiger partial charge >= 0.3 is 0 Å². The van der Waals surface area contributed by atoms with Crippen LogP contribution in [0.3, 0.4) is 0 Å². The quantitative estimate of drug-likeness (QED) is 0.808. The van der Waals surface area contributed by atoms with Gasteiger partial charge in [0.15, 0.2) is 5.03 Å². The van der Waals surface area contributed by atoms with Crippen molar-refractivity contribution in [2.45, 2.75) is 18.0 Å². The standard InChI is InChI=1S/C10H15N5O2S/c1-9(6-11)14-2-4-15(5-3-14)18(16,17)10-7-12-8-13-10/h7-9H,2-5H2,1H3,(H,12,13). The fraction of sp³-hybridized carbons (Fsp3) is 0.600. The van der Waals surface area contributed by atoms with Gasteiger partial charge in [0.1, 0.15) is 0 Å². The average Bonchev–Trinajstić information content (AvgIpc) is 2.92. The van der Waals surface area contributed by atoms with Crippen molar-refractivity contribution in [1.82, 2.24) is 19.2 Å². The van der Waals surface area contributed by atoms with Crippen molar-refractivity contribution in [2.75, 3.05) is 26.2 Å². The third-order valence-electron chi connectivity index (χ3n) is 3.10. The fourth-order valence-corrected chi connectivity index (χ4v) is 3.25. The van der Waals surface area contributed by atoms with Gasteiger partial charge in [-0.05, 0) is 6.92 Å². The number of hydrogen-bond donors (Lipinski definition) is 1. The molecule has 0 spiro atoms. The largest absolute Gasteiger partial charge is 0.335 e. The zero-order valence-electron chi connectivity index (χ0n) is 10.1. The molecule has 1 saturated heterocycles. The molecule has 0 bridgehead atoms. The molecule has 1 aliphatic heterocycles. The van der Waals surface area contributed by atoms with Crippen LogP contribution in [-0.2, 0) is 10.0 Å². The SMILES string of the molecule is CC(C#N)N1CCN(S(=O)(=O)c2cnc[nH]2)CC1. The summed E-state index contributed by atoms with van der Waals surface area (Å²) in [5, 5.41) is 8.94. The number of aromatic amines is 1. The topological polar surface area (TPSA) is 93.1 Å². The highest BCUT2D eigenvalue weighted by Gasteiger charge is 2.30. The van der Waals surface area contributed by atoms with E-state index in [4.69, 9.17) is 5.26 Å². The Hall–Kier alpha value is -1.43. The van der Waals surface area contributed by atoms with E-state index in [9.17, 15) is 8.42 Å². The molecule has 7 nitrogen and oxygen atoms in total. The number of piperazine rings is 1. The van der Waals surface area contributed by atoms with Crippen molar-refractivity contribution in [3.63, 3.8) is 0 Å². The van der Waals surface area contributed by atoms with Gasteiger partial charge in [0, 0.05) is 26.2 Å². The average molecular weight is 269 g/mol. The van der Waals surface area contributed by atoms with E-state index in [0.717, 1.165) is 0 Å². The summed E-state index contributed by atoms with van der Waals surface area (Å²) in [6.07, 6.45) is 2.65. The molecule has 0 aromatic carbocycles. The molecule has 1 aliphatic rings. The van der Waals surface area contributed by atoms with Crippen molar-refractivity contribution >= 4 is 10.0 Å². The number of nitrogens with one attached hydrogen (secondary N) is 1. The summed E-state index contributed by atoms with van der Waals surface area (Å²) < 4.78 is 25.7. The van der Waals surface area contributed by atoms with Gasteiger partial charge in [0.25, 0.3) is 10.0 Å². The van der Waals surface area contributed by atoms with Crippen molar-refractivity contribution in [3.8, 4) is 6.07 Å². The zero-order valence-corrected chi connectivity index (χ0v) is 10.9. The van der Waals surface area contributed by atoms with Crippen molar-refractivity contribution in [3.05, 3.63) is 12.5 Å². The zero-order chi connectivity index (χ0) is 13.2. The van der Waals surface area contributed by atoms with Crippen LogP contribution < -0.4 is 0 Å². The van der Waals surface area contributed by atoms with E-state index >= 15 is 0 Å². The van der Waals surface area contributed by atoms with Crippen LogP contribution in [0.4, 0.5) is 0 Å². The molecule has 98 valence electrons. The predicted octanol–water partition coefficient (Wildman–Crippen LogP) is -0.372. The molecule has 0 radical (unpaired) electrons. The molecule has 1 unspecified atom stereocenters. The van der Waals surface area contributed by atoms with Gasteiger partial charge in [-0.25, -0.2) is 13.4 Å². The van der Waals surface area contributed by atoms with Gasteiger partial charge in [-0.15, -0.1) is 0 Å². The second kappa shape index (κ2) is 5.06. The predicted molar refractivity (Wildman–Crippen MR) is 64.0 cm³/mol. The van der Waals surface area contributed by atoms with Crippen LogP contribution in [0.25, 0.3) is 0 Å². The number of sulfonamides is 1. The molecule has 1 aromatic rings. The van der Waals surface area contributed by atoms with Crippen LogP contribution in [0.15, 0.2) is 17.6 Å². The number of aromatic nitrogens is 2. The molecular weight excluding hydrogens is 254 g/mol. The van der Waals surface area contributed by atoms with E-state index in [1.165, 1.54) is 16.8 Å². The van der Waals surface area contributed by atoms with Crippen LogP contribution in [0, 0.1) is 11.3 Å². The maximum absolute atomic E-state index is 12.2. The van der Waals surface area contributed by atoms with Crippen LogP contribution in [0.5, 0.6) is 0 Å². The second-order valence-corrected chi connectivity index (χ2v) is 6.07. The number of nitrogens with zero attached hydrogens (tertiary/aromatic N) is 4. The van der Waals surface area contributed by atoms with Crippen LogP contribution in [-0.4, -0.2) is 59.8 Å². The number of hydrogen-bond acceptors (Lipinski definition) is 5. The lowest BCUT2D eigenvalue weighted by Crippen LogP contribution is -2.50. The Bertz CT molecular complexity index is 525. The van der Waals surface area contributed by atoms with E-state index in [-0.39, 0.29) is 11.1 Å². The summed E-state index contributed by atoms with van der Waals surface area (Å²) in [6, 6.07) is 1.98. The Morgan fingerprint density at radius 2 is 2.11 bits per heavy atom. The minimum Gasteiger partial charge on any atom is -0.335 e. The van der Waals surface area contributed by atoms with Gasteiger partial charge in [-0.3, -0.25) is 4.90 Å². The van der Waals surface area contributed by atoms with Crippen LogP contribution in [0.1, 0.15) is 6.92 Å². The first-order valence-electron chi connectivity index (χ1n) is 5.68. The number of rotatable bonds is 3. The maximum Gasteiger partial charge on any atom is 0.260 e. The first-order chi connectivity index (χ1) is 8.55. The van der Waals surface area contributed by atoms with E-state index in [2.05, 4.69) is 16.0 Å². The lowest BCUT2D eigenvalue weighted by molar-refractivity contribution is 0.169. The molecule has 1 fully saturated rings. The third kappa shape index (κ3) is 2.38. The Morgan fingerprint density at radius 3 is 2.61 bits per heavy atom. The summed E-state index contributed by atoms with van der Waals surface area (Å²) in [4.78, 5) is 8.31. The Morgan fingerprint density at radius 1 is 1.44 bits per heavy atom. The summed E-state index contributed by atoms with van der Waals surface area (Å²) >= 11 is 0. The molecule has 18 heavy (non-hydrogen) atoms. The molecule has 1 atom stereocenters. The molecule has 0 saturated carbocycles. The van der Waals surface area contributed by atoms with E-state index < -0.39 is 10.0 Å². The van der Waals surface area contributed by atoms with Gasteiger partial charge < -0.3 is 4.98 Å². The van der Waals surface area contributed by atoms with Gasteiger partial charge in [-0.2, -0.15) is 9.57 Å². The number of imidazole rings is 1. The summed E-state index contributed by atoms with van der Waals surface area (Å²) in [5.74, 6) is 0. The van der Waals surface area contributed by atoms with Crippen molar-refractivity contribution in [1.29, 1.82) is 5.26 Å².